The Hall–Kier alpha value is -2.81. The average molecular weight is 318 g/mol. The van der Waals surface area contributed by atoms with Gasteiger partial charge in [-0.15, -0.1) is 0 Å². The third-order valence-corrected chi connectivity index (χ3v) is 4.10. The molecule has 1 atom stereocenters. The number of nitrogens with one attached hydrogen (secondary N) is 1. The molecule has 24 heavy (non-hydrogen) atoms. The van der Waals surface area contributed by atoms with Gasteiger partial charge in [-0.3, -0.25) is 4.98 Å². The maximum absolute atomic E-state index is 5.27. The van der Waals surface area contributed by atoms with Crippen LogP contribution in [-0.4, -0.2) is 18.6 Å². The second-order valence-electron chi connectivity index (χ2n) is 5.66. The molecule has 3 rings (SSSR count). The van der Waals surface area contributed by atoms with E-state index in [-0.39, 0.29) is 5.92 Å². The molecule has 0 fully saturated rings. The van der Waals surface area contributed by atoms with E-state index in [0.717, 1.165) is 30.1 Å². The number of benzene rings is 2. The Morgan fingerprint density at radius 1 is 0.917 bits per heavy atom. The zero-order valence-corrected chi connectivity index (χ0v) is 13.9. The fourth-order valence-corrected chi connectivity index (χ4v) is 2.82. The second-order valence-corrected chi connectivity index (χ2v) is 5.66. The van der Waals surface area contributed by atoms with Gasteiger partial charge in [-0.05, 0) is 48.4 Å². The van der Waals surface area contributed by atoms with Crippen molar-refractivity contribution in [2.45, 2.75) is 12.3 Å². The molecule has 1 N–H and O–H groups in total. The number of para-hydroxylation sites is 1. The maximum Gasteiger partial charge on any atom is 0.118 e. The Labute approximate surface area is 143 Å². The lowest BCUT2D eigenvalue weighted by Gasteiger charge is -2.18. The summed E-state index contributed by atoms with van der Waals surface area (Å²) in [5, 5.41) is 3.48. The molecule has 0 bridgehead atoms. The summed E-state index contributed by atoms with van der Waals surface area (Å²) in [6.45, 7) is 0.886. The lowest BCUT2D eigenvalue weighted by molar-refractivity contribution is 0.414. The van der Waals surface area contributed by atoms with Crippen LogP contribution in [0.15, 0.2) is 79.0 Å². The molecular formula is C21H22N2O. The molecule has 3 aromatic rings. The minimum Gasteiger partial charge on any atom is -0.497 e. The Balaban J connectivity index is 1.74. The molecule has 0 saturated carbocycles. The van der Waals surface area contributed by atoms with Crippen LogP contribution >= 0.6 is 0 Å². The molecule has 0 radical (unpaired) electrons. The first-order valence-electron chi connectivity index (χ1n) is 8.20. The van der Waals surface area contributed by atoms with E-state index < -0.39 is 0 Å². The Morgan fingerprint density at radius 2 is 1.67 bits per heavy atom. The highest BCUT2D eigenvalue weighted by atomic mass is 16.5. The van der Waals surface area contributed by atoms with Crippen LogP contribution < -0.4 is 10.1 Å². The summed E-state index contributed by atoms with van der Waals surface area (Å²) < 4.78 is 5.27. The molecule has 0 saturated heterocycles. The van der Waals surface area contributed by atoms with E-state index in [1.165, 1.54) is 5.56 Å². The zero-order valence-electron chi connectivity index (χ0n) is 13.9. The minimum atomic E-state index is 0.258. The smallest absolute Gasteiger partial charge is 0.118 e. The number of hydrogen-bond acceptors (Lipinski definition) is 3. The van der Waals surface area contributed by atoms with E-state index in [2.05, 4.69) is 40.6 Å². The number of methoxy groups -OCH3 is 1. The van der Waals surface area contributed by atoms with Crippen LogP contribution in [0.25, 0.3) is 0 Å². The molecule has 3 heteroatoms. The summed E-state index contributed by atoms with van der Waals surface area (Å²) in [6, 6.07) is 24.7. The molecule has 3 nitrogen and oxygen atoms in total. The van der Waals surface area contributed by atoms with E-state index in [1.54, 1.807) is 7.11 Å². The van der Waals surface area contributed by atoms with Gasteiger partial charge in [0.25, 0.3) is 0 Å². The molecule has 0 aliphatic carbocycles. The maximum atomic E-state index is 5.27. The van der Waals surface area contributed by atoms with Crippen molar-refractivity contribution in [2.24, 2.45) is 0 Å². The van der Waals surface area contributed by atoms with Crippen molar-refractivity contribution in [2.75, 3.05) is 19.0 Å². The van der Waals surface area contributed by atoms with Gasteiger partial charge in [0.2, 0.25) is 0 Å². The van der Waals surface area contributed by atoms with Crippen LogP contribution in [0.1, 0.15) is 23.6 Å². The molecule has 0 aliphatic heterocycles. The fourth-order valence-electron chi connectivity index (χ4n) is 2.82. The summed E-state index contributed by atoms with van der Waals surface area (Å²) in [5.74, 6) is 1.13. The van der Waals surface area contributed by atoms with E-state index in [9.17, 15) is 0 Å². The Kier molecular flexibility index (Phi) is 5.46. The number of anilines is 1. The van der Waals surface area contributed by atoms with Crippen molar-refractivity contribution >= 4 is 5.69 Å². The van der Waals surface area contributed by atoms with Crippen LogP contribution in [0, 0.1) is 0 Å². The highest BCUT2D eigenvalue weighted by molar-refractivity contribution is 5.42. The third kappa shape index (κ3) is 4.13. The topological polar surface area (TPSA) is 34.1 Å². The quantitative estimate of drug-likeness (QED) is 0.684. The molecule has 2 aromatic carbocycles. The van der Waals surface area contributed by atoms with Gasteiger partial charge in [0.1, 0.15) is 5.75 Å². The van der Waals surface area contributed by atoms with E-state index in [0.29, 0.717) is 0 Å². The van der Waals surface area contributed by atoms with Gasteiger partial charge in [0.05, 0.1) is 7.11 Å². The number of pyridine rings is 1. The number of aromatic nitrogens is 1. The standard InChI is InChI=1S/C21H22N2O/c1-24-19-12-10-17(11-13-19)20(21-9-5-6-15-23-21)14-16-22-18-7-3-2-4-8-18/h2-13,15,20,22H,14,16H2,1H3/t20-/m1/s1. The van der Waals surface area contributed by atoms with Gasteiger partial charge in [-0.25, -0.2) is 0 Å². The monoisotopic (exact) mass is 318 g/mol. The summed E-state index contributed by atoms with van der Waals surface area (Å²) >= 11 is 0. The summed E-state index contributed by atoms with van der Waals surface area (Å²) in [4.78, 5) is 4.56. The van der Waals surface area contributed by atoms with Crippen LogP contribution in [0.4, 0.5) is 5.69 Å². The van der Waals surface area contributed by atoms with Gasteiger partial charge in [0.15, 0.2) is 0 Å². The van der Waals surface area contributed by atoms with Crippen LogP contribution in [0.2, 0.25) is 0 Å². The first kappa shape index (κ1) is 16.1. The lowest BCUT2D eigenvalue weighted by Crippen LogP contribution is -2.10. The number of hydrogen-bond donors (Lipinski definition) is 1. The zero-order chi connectivity index (χ0) is 16.6. The molecule has 122 valence electrons. The molecule has 0 amide bonds. The van der Waals surface area contributed by atoms with Crippen LogP contribution in [0.3, 0.4) is 0 Å². The molecule has 0 spiro atoms. The molecule has 0 unspecified atom stereocenters. The van der Waals surface area contributed by atoms with Gasteiger partial charge in [-0.1, -0.05) is 36.4 Å². The van der Waals surface area contributed by atoms with E-state index in [4.69, 9.17) is 4.74 Å². The Morgan fingerprint density at radius 3 is 2.33 bits per heavy atom. The second kappa shape index (κ2) is 8.16. The van der Waals surface area contributed by atoms with Crippen molar-refractivity contribution < 1.29 is 4.74 Å². The number of nitrogens with zero attached hydrogens (tertiary/aromatic N) is 1. The van der Waals surface area contributed by atoms with Gasteiger partial charge >= 0.3 is 0 Å². The first-order chi connectivity index (χ1) is 11.9. The van der Waals surface area contributed by atoms with Gasteiger partial charge in [0, 0.05) is 30.0 Å². The Bertz CT molecular complexity index is 727. The minimum absolute atomic E-state index is 0.258. The third-order valence-electron chi connectivity index (χ3n) is 4.10. The van der Waals surface area contributed by atoms with E-state index >= 15 is 0 Å². The lowest BCUT2D eigenvalue weighted by atomic mass is 9.92. The van der Waals surface area contributed by atoms with Crippen molar-refractivity contribution in [1.82, 2.24) is 4.98 Å². The highest BCUT2D eigenvalue weighted by Gasteiger charge is 2.15. The van der Waals surface area contributed by atoms with Gasteiger partial charge < -0.3 is 10.1 Å². The predicted molar refractivity (Wildman–Crippen MR) is 98.6 cm³/mol. The molecular weight excluding hydrogens is 296 g/mol. The van der Waals surface area contributed by atoms with Gasteiger partial charge in [-0.2, -0.15) is 0 Å². The summed E-state index contributed by atoms with van der Waals surface area (Å²) in [6.07, 6.45) is 2.83. The van der Waals surface area contributed by atoms with Crippen molar-refractivity contribution in [3.05, 3.63) is 90.3 Å². The van der Waals surface area contributed by atoms with Crippen molar-refractivity contribution in [1.29, 1.82) is 0 Å². The largest absolute Gasteiger partial charge is 0.497 e. The van der Waals surface area contributed by atoms with Crippen molar-refractivity contribution in [3.8, 4) is 5.75 Å². The molecule has 0 aliphatic rings. The number of rotatable bonds is 7. The highest BCUT2D eigenvalue weighted by Crippen LogP contribution is 2.28. The van der Waals surface area contributed by atoms with E-state index in [1.807, 2.05) is 48.7 Å². The number of ether oxygens (including phenoxy) is 1. The van der Waals surface area contributed by atoms with Crippen LogP contribution in [-0.2, 0) is 0 Å². The summed E-state index contributed by atoms with van der Waals surface area (Å²) in [7, 11) is 1.69. The molecule has 1 aromatic heterocycles. The summed E-state index contributed by atoms with van der Waals surface area (Å²) in [5.41, 5.74) is 3.49. The average Bonchev–Trinajstić information content (AvgIpc) is 2.67. The first-order valence-corrected chi connectivity index (χ1v) is 8.20. The fraction of sp³-hybridized carbons (Fsp3) is 0.190. The van der Waals surface area contributed by atoms with Crippen LogP contribution in [0.5, 0.6) is 5.75 Å². The van der Waals surface area contributed by atoms with Crippen molar-refractivity contribution in [3.63, 3.8) is 0 Å². The predicted octanol–water partition coefficient (Wildman–Crippen LogP) is 4.72. The molecule has 1 heterocycles. The normalized spacial score (nSPS) is 11.7. The SMILES string of the molecule is COc1ccc([C@@H](CCNc2ccccc2)c2ccccn2)cc1.